The van der Waals surface area contributed by atoms with E-state index in [4.69, 9.17) is 0 Å². The molecule has 0 saturated carbocycles. The van der Waals surface area contributed by atoms with Crippen LogP contribution < -0.4 is 0 Å². The maximum Gasteiger partial charge on any atom is 0.193 e. The average molecular weight is 270 g/mol. The van der Waals surface area contributed by atoms with Gasteiger partial charge in [-0.25, -0.2) is 4.39 Å². The summed E-state index contributed by atoms with van der Waals surface area (Å²) in [7, 11) is 0. The number of benzene rings is 2. The zero-order valence-electron chi connectivity index (χ0n) is 12.2. The van der Waals surface area contributed by atoms with Crippen LogP contribution in [0.1, 0.15) is 46.5 Å². The van der Waals surface area contributed by atoms with Crippen molar-refractivity contribution in [1.29, 1.82) is 0 Å². The summed E-state index contributed by atoms with van der Waals surface area (Å²) in [5.41, 5.74) is 3.96. The zero-order chi connectivity index (χ0) is 14.7. The smallest absolute Gasteiger partial charge is 0.193 e. The van der Waals surface area contributed by atoms with Gasteiger partial charge >= 0.3 is 0 Å². The third kappa shape index (κ3) is 2.79. The van der Waals surface area contributed by atoms with Crippen molar-refractivity contribution in [3.63, 3.8) is 0 Å². The van der Waals surface area contributed by atoms with Crippen molar-refractivity contribution in [2.45, 2.75) is 33.6 Å². The standard InChI is InChI=1S/C18H19FO/c1-4-13-6-7-14(5-2)16(11-13)18(20)15-8-9-17(19)12(3)10-15/h6-11H,4-5H2,1-3H3. The zero-order valence-corrected chi connectivity index (χ0v) is 12.2. The van der Waals surface area contributed by atoms with Crippen molar-refractivity contribution in [2.75, 3.05) is 0 Å². The van der Waals surface area contributed by atoms with Crippen LogP contribution in [-0.4, -0.2) is 5.78 Å². The minimum Gasteiger partial charge on any atom is -0.289 e. The highest BCUT2D eigenvalue weighted by molar-refractivity contribution is 6.10. The van der Waals surface area contributed by atoms with Gasteiger partial charge in [-0.2, -0.15) is 0 Å². The first-order chi connectivity index (χ1) is 9.56. The first kappa shape index (κ1) is 14.4. The van der Waals surface area contributed by atoms with Gasteiger partial charge in [-0.05, 0) is 60.7 Å². The fourth-order valence-electron chi connectivity index (χ4n) is 2.30. The molecule has 2 heteroatoms. The predicted octanol–water partition coefficient (Wildman–Crippen LogP) is 4.49. The molecule has 0 atom stereocenters. The number of aryl methyl sites for hydroxylation is 3. The first-order valence-corrected chi connectivity index (χ1v) is 6.99. The molecule has 0 unspecified atom stereocenters. The normalized spacial score (nSPS) is 10.6. The maximum absolute atomic E-state index is 13.3. The van der Waals surface area contributed by atoms with E-state index in [1.54, 1.807) is 19.1 Å². The lowest BCUT2D eigenvalue weighted by atomic mass is 9.94. The Labute approximate surface area is 119 Å². The minimum atomic E-state index is -0.278. The van der Waals surface area contributed by atoms with E-state index in [0.717, 1.165) is 29.5 Å². The largest absolute Gasteiger partial charge is 0.289 e. The van der Waals surface area contributed by atoms with E-state index >= 15 is 0 Å². The van der Waals surface area contributed by atoms with Gasteiger partial charge in [0.15, 0.2) is 5.78 Å². The van der Waals surface area contributed by atoms with E-state index in [9.17, 15) is 9.18 Å². The average Bonchev–Trinajstić information content (AvgIpc) is 2.48. The van der Waals surface area contributed by atoms with Gasteiger partial charge in [0.25, 0.3) is 0 Å². The molecule has 20 heavy (non-hydrogen) atoms. The second kappa shape index (κ2) is 6.00. The van der Waals surface area contributed by atoms with Crippen molar-refractivity contribution in [1.82, 2.24) is 0 Å². The molecule has 0 N–H and O–H groups in total. The van der Waals surface area contributed by atoms with E-state index < -0.39 is 0 Å². The highest BCUT2D eigenvalue weighted by Gasteiger charge is 2.14. The van der Waals surface area contributed by atoms with E-state index in [0.29, 0.717) is 11.1 Å². The van der Waals surface area contributed by atoms with E-state index in [2.05, 4.69) is 13.0 Å². The number of ketones is 1. The second-order valence-corrected chi connectivity index (χ2v) is 4.99. The first-order valence-electron chi connectivity index (χ1n) is 6.99. The van der Waals surface area contributed by atoms with Crippen LogP contribution in [0.15, 0.2) is 36.4 Å². The summed E-state index contributed by atoms with van der Waals surface area (Å²) in [6.07, 6.45) is 1.71. The summed E-state index contributed by atoms with van der Waals surface area (Å²) >= 11 is 0. The molecule has 0 spiro atoms. The van der Waals surface area contributed by atoms with E-state index in [-0.39, 0.29) is 11.6 Å². The van der Waals surface area contributed by atoms with Crippen LogP contribution in [0.5, 0.6) is 0 Å². The number of halogens is 1. The molecule has 104 valence electrons. The van der Waals surface area contributed by atoms with Gasteiger partial charge in [0.2, 0.25) is 0 Å². The van der Waals surface area contributed by atoms with Crippen LogP contribution in [0, 0.1) is 12.7 Å². The van der Waals surface area contributed by atoms with Gasteiger partial charge < -0.3 is 0 Å². The lowest BCUT2D eigenvalue weighted by molar-refractivity contribution is 0.103. The Bertz CT molecular complexity index is 644. The molecule has 2 rings (SSSR count). The van der Waals surface area contributed by atoms with Crippen molar-refractivity contribution in [3.8, 4) is 0 Å². The van der Waals surface area contributed by atoms with Gasteiger partial charge in [-0.1, -0.05) is 26.0 Å². The molecule has 0 aliphatic rings. The SMILES string of the molecule is CCc1ccc(CC)c(C(=O)c2ccc(F)c(C)c2)c1. The molecule has 1 nitrogen and oxygen atoms in total. The molecule has 0 bridgehead atoms. The van der Waals surface area contributed by atoms with Crippen LogP contribution in [-0.2, 0) is 12.8 Å². The highest BCUT2D eigenvalue weighted by Crippen LogP contribution is 2.19. The quantitative estimate of drug-likeness (QED) is 0.748. The summed E-state index contributed by atoms with van der Waals surface area (Å²) in [4.78, 5) is 12.6. The fraction of sp³-hybridized carbons (Fsp3) is 0.278. The van der Waals surface area contributed by atoms with Crippen LogP contribution in [0.3, 0.4) is 0 Å². The molecule has 2 aromatic carbocycles. The molecular weight excluding hydrogens is 251 g/mol. The Morgan fingerprint density at radius 2 is 1.80 bits per heavy atom. The minimum absolute atomic E-state index is 0.0275. The summed E-state index contributed by atoms with van der Waals surface area (Å²) < 4.78 is 13.3. The van der Waals surface area contributed by atoms with E-state index in [1.165, 1.54) is 6.07 Å². The number of carbonyl (C=O) groups is 1. The molecule has 0 saturated heterocycles. The van der Waals surface area contributed by atoms with E-state index in [1.807, 2.05) is 19.1 Å². The van der Waals surface area contributed by atoms with Crippen molar-refractivity contribution in [3.05, 3.63) is 70.0 Å². The fourth-order valence-corrected chi connectivity index (χ4v) is 2.30. The second-order valence-electron chi connectivity index (χ2n) is 4.99. The van der Waals surface area contributed by atoms with Crippen LogP contribution in [0.2, 0.25) is 0 Å². The Morgan fingerprint density at radius 1 is 1.05 bits per heavy atom. The molecule has 0 aliphatic carbocycles. The van der Waals surface area contributed by atoms with Gasteiger partial charge in [0.1, 0.15) is 5.82 Å². The Balaban J connectivity index is 2.48. The molecule has 0 fully saturated rings. The van der Waals surface area contributed by atoms with Crippen LogP contribution in [0.25, 0.3) is 0 Å². The lowest BCUT2D eigenvalue weighted by Gasteiger charge is -2.10. The topological polar surface area (TPSA) is 17.1 Å². The molecule has 0 aromatic heterocycles. The number of carbonyl (C=O) groups excluding carboxylic acids is 1. The summed E-state index contributed by atoms with van der Waals surface area (Å²) in [5, 5.41) is 0. The number of rotatable bonds is 4. The predicted molar refractivity (Wildman–Crippen MR) is 79.8 cm³/mol. The Hall–Kier alpha value is -1.96. The maximum atomic E-state index is 13.3. The third-order valence-corrected chi connectivity index (χ3v) is 3.63. The van der Waals surface area contributed by atoms with Crippen molar-refractivity contribution < 1.29 is 9.18 Å². The molecular formula is C18H19FO. The molecule has 2 aromatic rings. The number of hydrogen-bond acceptors (Lipinski definition) is 1. The monoisotopic (exact) mass is 270 g/mol. The molecule has 0 amide bonds. The lowest BCUT2D eigenvalue weighted by Crippen LogP contribution is -2.07. The Morgan fingerprint density at radius 3 is 2.40 bits per heavy atom. The van der Waals surface area contributed by atoms with Crippen LogP contribution in [0.4, 0.5) is 4.39 Å². The Kier molecular flexibility index (Phi) is 4.33. The third-order valence-electron chi connectivity index (χ3n) is 3.63. The molecule has 0 radical (unpaired) electrons. The van der Waals surface area contributed by atoms with Gasteiger partial charge in [-0.15, -0.1) is 0 Å². The van der Waals surface area contributed by atoms with Gasteiger partial charge in [0, 0.05) is 11.1 Å². The van der Waals surface area contributed by atoms with Gasteiger partial charge in [0.05, 0.1) is 0 Å². The number of hydrogen-bond donors (Lipinski definition) is 0. The van der Waals surface area contributed by atoms with Gasteiger partial charge in [-0.3, -0.25) is 4.79 Å². The highest BCUT2D eigenvalue weighted by atomic mass is 19.1. The summed E-state index contributed by atoms with van der Waals surface area (Å²) in [6, 6.07) is 10.6. The summed E-state index contributed by atoms with van der Waals surface area (Å²) in [6.45, 7) is 5.78. The van der Waals surface area contributed by atoms with Crippen molar-refractivity contribution >= 4 is 5.78 Å². The summed E-state index contributed by atoms with van der Waals surface area (Å²) in [5.74, 6) is -0.306. The molecule has 0 aliphatic heterocycles. The molecule has 0 heterocycles. The van der Waals surface area contributed by atoms with Crippen molar-refractivity contribution in [2.24, 2.45) is 0 Å². The van der Waals surface area contributed by atoms with Crippen LogP contribution >= 0.6 is 0 Å².